The Labute approximate surface area is 125 Å². The first-order chi connectivity index (χ1) is 9.15. The van der Waals surface area contributed by atoms with Gasteiger partial charge < -0.3 is 4.74 Å². The first-order valence-corrected chi connectivity index (χ1v) is 7.08. The van der Waals surface area contributed by atoms with Crippen molar-refractivity contribution >= 4 is 33.6 Å². The van der Waals surface area contributed by atoms with Crippen LogP contribution in [-0.4, -0.2) is 9.55 Å². The Morgan fingerprint density at radius 2 is 1.95 bits per heavy atom. The first kappa shape index (κ1) is 12.5. The van der Waals surface area contributed by atoms with Crippen LogP contribution in [0.4, 0.5) is 0 Å². The van der Waals surface area contributed by atoms with Gasteiger partial charge in [-0.05, 0) is 65.4 Å². The molecule has 0 bridgehead atoms. The van der Waals surface area contributed by atoms with E-state index in [4.69, 9.17) is 4.74 Å². The predicted molar refractivity (Wildman–Crippen MR) is 84.7 cm³/mol. The van der Waals surface area contributed by atoms with Crippen LogP contribution in [0.5, 0.6) is 11.8 Å². The minimum absolute atomic E-state index is 0.616. The van der Waals surface area contributed by atoms with Crippen molar-refractivity contribution in [1.82, 2.24) is 9.55 Å². The number of hydrogen-bond donors (Lipinski definition) is 0. The summed E-state index contributed by atoms with van der Waals surface area (Å²) in [6, 6.07) is 14.7. The van der Waals surface area contributed by atoms with E-state index in [0.717, 1.165) is 22.3 Å². The van der Waals surface area contributed by atoms with Crippen LogP contribution in [0, 0.1) is 10.5 Å². The summed E-state index contributed by atoms with van der Waals surface area (Å²) in [7, 11) is 1.96. The molecule has 0 N–H and O–H groups in total. The van der Waals surface area contributed by atoms with E-state index in [1.807, 2.05) is 54.9 Å². The number of para-hydroxylation sites is 2. The van der Waals surface area contributed by atoms with Gasteiger partial charge in [-0.3, -0.25) is 4.57 Å². The summed E-state index contributed by atoms with van der Waals surface area (Å²) in [6.07, 6.45) is 0. The van der Waals surface area contributed by atoms with Gasteiger partial charge in [0.15, 0.2) is 0 Å². The molecule has 0 saturated carbocycles. The molecule has 0 radical (unpaired) electrons. The van der Waals surface area contributed by atoms with Crippen molar-refractivity contribution in [2.24, 2.45) is 7.05 Å². The van der Waals surface area contributed by atoms with Gasteiger partial charge in [0.2, 0.25) is 0 Å². The molecule has 3 nitrogen and oxygen atoms in total. The highest BCUT2D eigenvalue weighted by molar-refractivity contribution is 14.1. The van der Waals surface area contributed by atoms with Crippen molar-refractivity contribution in [1.29, 1.82) is 0 Å². The molecule has 0 aliphatic rings. The lowest BCUT2D eigenvalue weighted by Gasteiger charge is -2.08. The van der Waals surface area contributed by atoms with E-state index in [0.29, 0.717) is 6.01 Å². The normalized spacial score (nSPS) is 10.9. The van der Waals surface area contributed by atoms with E-state index >= 15 is 0 Å². The van der Waals surface area contributed by atoms with Crippen LogP contribution in [0.25, 0.3) is 11.0 Å². The van der Waals surface area contributed by atoms with Crippen LogP contribution in [-0.2, 0) is 7.05 Å². The molecule has 0 unspecified atom stereocenters. The maximum atomic E-state index is 5.93. The molecule has 1 heterocycles. The lowest BCUT2D eigenvalue weighted by molar-refractivity contribution is 0.425. The highest BCUT2D eigenvalue weighted by atomic mass is 127. The maximum Gasteiger partial charge on any atom is 0.302 e. The average molecular weight is 364 g/mol. The van der Waals surface area contributed by atoms with Crippen molar-refractivity contribution in [2.45, 2.75) is 6.92 Å². The van der Waals surface area contributed by atoms with Crippen molar-refractivity contribution in [2.75, 3.05) is 0 Å². The number of rotatable bonds is 2. The molecule has 19 heavy (non-hydrogen) atoms. The largest absolute Gasteiger partial charge is 0.425 e. The second-order valence-electron chi connectivity index (χ2n) is 4.45. The van der Waals surface area contributed by atoms with E-state index in [1.165, 1.54) is 3.57 Å². The molecule has 3 rings (SSSR count). The molecule has 3 aromatic rings. The summed E-state index contributed by atoms with van der Waals surface area (Å²) >= 11 is 2.29. The van der Waals surface area contributed by atoms with Crippen molar-refractivity contribution in [3.8, 4) is 11.8 Å². The Kier molecular flexibility index (Phi) is 3.18. The molecule has 0 aliphatic carbocycles. The fourth-order valence-corrected chi connectivity index (χ4v) is 2.69. The number of fused-ring (bicyclic) bond motifs is 1. The molecule has 0 amide bonds. The minimum Gasteiger partial charge on any atom is -0.425 e. The zero-order valence-corrected chi connectivity index (χ0v) is 12.9. The van der Waals surface area contributed by atoms with Gasteiger partial charge in [-0.2, -0.15) is 4.98 Å². The fraction of sp³-hybridized carbons (Fsp3) is 0.133. The van der Waals surface area contributed by atoms with Gasteiger partial charge in [0.1, 0.15) is 5.75 Å². The molecule has 1 aromatic heterocycles. The Morgan fingerprint density at radius 3 is 2.68 bits per heavy atom. The van der Waals surface area contributed by atoms with Gasteiger partial charge in [0.25, 0.3) is 0 Å². The number of aromatic nitrogens is 2. The van der Waals surface area contributed by atoms with Gasteiger partial charge in [-0.25, -0.2) is 0 Å². The van der Waals surface area contributed by atoms with E-state index in [2.05, 4.69) is 33.6 Å². The third-order valence-corrected chi connectivity index (χ3v) is 3.76. The van der Waals surface area contributed by atoms with Crippen molar-refractivity contribution in [3.63, 3.8) is 0 Å². The number of nitrogens with zero attached hydrogens (tertiary/aromatic N) is 2. The quantitative estimate of drug-likeness (QED) is 0.635. The van der Waals surface area contributed by atoms with Crippen LogP contribution in [0.1, 0.15) is 5.56 Å². The van der Waals surface area contributed by atoms with Gasteiger partial charge in [0, 0.05) is 10.6 Å². The SMILES string of the molecule is Cc1cc(I)ccc1Oc1nc2ccccc2n1C. The Morgan fingerprint density at radius 1 is 1.16 bits per heavy atom. The molecule has 96 valence electrons. The lowest BCUT2D eigenvalue weighted by atomic mass is 10.2. The second kappa shape index (κ2) is 4.85. The van der Waals surface area contributed by atoms with Gasteiger partial charge >= 0.3 is 6.01 Å². The topological polar surface area (TPSA) is 27.1 Å². The number of ether oxygens (including phenoxy) is 1. The van der Waals surface area contributed by atoms with Gasteiger partial charge in [-0.1, -0.05) is 12.1 Å². The number of aryl methyl sites for hydroxylation is 2. The molecular weight excluding hydrogens is 351 g/mol. The molecule has 0 fully saturated rings. The Bertz CT molecular complexity index is 749. The molecular formula is C15H13IN2O. The second-order valence-corrected chi connectivity index (χ2v) is 5.70. The van der Waals surface area contributed by atoms with Gasteiger partial charge in [0.05, 0.1) is 11.0 Å². The summed E-state index contributed by atoms with van der Waals surface area (Å²) in [5.74, 6) is 0.846. The molecule has 2 aromatic carbocycles. The van der Waals surface area contributed by atoms with Crippen molar-refractivity contribution < 1.29 is 4.74 Å². The summed E-state index contributed by atoms with van der Waals surface area (Å²) in [5, 5.41) is 0. The molecule has 0 saturated heterocycles. The molecule has 0 spiro atoms. The van der Waals surface area contributed by atoms with Crippen LogP contribution >= 0.6 is 22.6 Å². The van der Waals surface area contributed by atoms with Gasteiger partial charge in [-0.15, -0.1) is 0 Å². The monoisotopic (exact) mass is 364 g/mol. The highest BCUT2D eigenvalue weighted by Crippen LogP contribution is 2.27. The van der Waals surface area contributed by atoms with E-state index in [1.54, 1.807) is 0 Å². The number of imidazole rings is 1. The maximum absolute atomic E-state index is 5.93. The highest BCUT2D eigenvalue weighted by Gasteiger charge is 2.10. The van der Waals surface area contributed by atoms with Crippen molar-refractivity contribution in [3.05, 3.63) is 51.6 Å². The average Bonchev–Trinajstić information content (AvgIpc) is 2.70. The summed E-state index contributed by atoms with van der Waals surface area (Å²) in [5.41, 5.74) is 3.13. The van der Waals surface area contributed by atoms with Crippen LogP contribution in [0.2, 0.25) is 0 Å². The van der Waals surface area contributed by atoms with Crippen LogP contribution in [0.15, 0.2) is 42.5 Å². The van der Waals surface area contributed by atoms with Crippen LogP contribution in [0.3, 0.4) is 0 Å². The molecule has 4 heteroatoms. The molecule has 0 atom stereocenters. The number of halogens is 1. The third-order valence-electron chi connectivity index (χ3n) is 3.08. The smallest absolute Gasteiger partial charge is 0.302 e. The van der Waals surface area contributed by atoms with E-state index in [-0.39, 0.29) is 0 Å². The lowest BCUT2D eigenvalue weighted by Crippen LogP contribution is -1.95. The fourth-order valence-electron chi connectivity index (χ4n) is 2.04. The third kappa shape index (κ3) is 2.32. The predicted octanol–water partition coefficient (Wildman–Crippen LogP) is 4.28. The summed E-state index contributed by atoms with van der Waals surface area (Å²) in [4.78, 5) is 4.51. The van der Waals surface area contributed by atoms with Crippen LogP contribution < -0.4 is 4.74 Å². The zero-order valence-electron chi connectivity index (χ0n) is 10.7. The summed E-state index contributed by atoms with van der Waals surface area (Å²) < 4.78 is 9.09. The Balaban J connectivity index is 2.03. The Hall–Kier alpha value is -1.56. The number of hydrogen-bond acceptors (Lipinski definition) is 2. The molecule has 0 aliphatic heterocycles. The van der Waals surface area contributed by atoms with E-state index in [9.17, 15) is 0 Å². The van der Waals surface area contributed by atoms with E-state index < -0.39 is 0 Å². The summed E-state index contributed by atoms with van der Waals surface area (Å²) in [6.45, 7) is 2.04. The first-order valence-electron chi connectivity index (χ1n) is 6.00. The minimum atomic E-state index is 0.616. The standard InChI is InChI=1S/C15H13IN2O/c1-10-9-11(16)7-8-14(10)19-15-17-12-5-3-4-6-13(12)18(15)2/h3-9H,1-2H3. The number of benzene rings is 2. The zero-order chi connectivity index (χ0) is 13.4.